The molecule has 8 nitrogen and oxygen atoms in total. The Morgan fingerprint density at radius 1 is 1.38 bits per heavy atom. The van der Waals surface area contributed by atoms with E-state index >= 15 is 0 Å². The van der Waals surface area contributed by atoms with Crippen molar-refractivity contribution in [3.63, 3.8) is 0 Å². The van der Waals surface area contributed by atoms with Gasteiger partial charge in [-0.2, -0.15) is 0 Å². The van der Waals surface area contributed by atoms with Crippen LogP contribution in [0.25, 0.3) is 0 Å². The van der Waals surface area contributed by atoms with E-state index in [9.17, 15) is 19.5 Å². The Hall–Kier alpha value is -1.93. The highest BCUT2D eigenvalue weighted by Crippen LogP contribution is 2.65. The molecule has 192 valence electrons. The quantitative estimate of drug-likeness (QED) is 0.362. The van der Waals surface area contributed by atoms with Gasteiger partial charge in [0.1, 0.15) is 17.6 Å². The van der Waals surface area contributed by atoms with Crippen molar-refractivity contribution < 1.29 is 29.0 Å². The number of rotatable bonds is 11. The number of nitrogens with zero attached hydrogens (tertiary/aromatic N) is 2. The number of hydrogen-bond acceptors (Lipinski definition) is 6. The molecule has 0 aromatic rings. The number of aliphatic hydroxyl groups excluding tert-OH is 1. The Bertz CT molecular complexity index is 813. The molecule has 8 heteroatoms. The van der Waals surface area contributed by atoms with Crippen molar-refractivity contribution in [2.45, 2.75) is 96.6 Å². The summed E-state index contributed by atoms with van der Waals surface area (Å²) in [5, 5.41) is 10.2. The summed E-state index contributed by atoms with van der Waals surface area (Å²) in [6.45, 7) is 15.7. The summed E-state index contributed by atoms with van der Waals surface area (Å²) in [4.78, 5) is 44.8. The van der Waals surface area contributed by atoms with Gasteiger partial charge >= 0.3 is 5.97 Å². The molecule has 1 spiro atoms. The average molecular weight is 479 g/mol. The molecule has 2 bridgehead atoms. The minimum absolute atomic E-state index is 0.0451. The molecule has 0 aliphatic carbocycles. The first-order valence-corrected chi connectivity index (χ1v) is 12.8. The lowest BCUT2D eigenvalue weighted by atomic mass is 9.62. The second kappa shape index (κ2) is 9.97. The Morgan fingerprint density at radius 2 is 2.06 bits per heavy atom. The molecule has 8 atom stereocenters. The number of carbonyl (C=O) groups excluding carboxylic acids is 3. The van der Waals surface area contributed by atoms with E-state index < -0.39 is 41.1 Å². The monoisotopic (exact) mass is 478 g/mol. The van der Waals surface area contributed by atoms with Gasteiger partial charge in [-0.25, -0.2) is 0 Å². The molecule has 3 aliphatic rings. The van der Waals surface area contributed by atoms with Gasteiger partial charge in [0.15, 0.2) is 0 Å². The summed E-state index contributed by atoms with van der Waals surface area (Å²) in [5.74, 6) is -2.60. The molecule has 2 amide bonds. The zero-order chi connectivity index (χ0) is 25.4. The largest absolute Gasteiger partial charge is 0.466 e. The van der Waals surface area contributed by atoms with E-state index in [-0.39, 0.29) is 37.0 Å². The molecule has 3 heterocycles. The highest BCUT2D eigenvalue weighted by Gasteiger charge is 2.80. The molecule has 0 aromatic heterocycles. The molecule has 3 rings (SSSR count). The first-order chi connectivity index (χ1) is 16.1. The van der Waals surface area contributed by atoms with Crippen LogP contribution in [0.5, 0.6) is 0 Å². The van der Waals surface area contributed by atoms with Crippen molar-refractivity contribution >= 4 is 17.8 Å². The van der Waals surface area contributed by atoms with Crippen LogP contribution >= 0.6 is 0 Å². The number of hydrogen-bond donors (Lipinski definition) is 1. The Labute approximate surface area is 203 Å². The Morgan fingerprint density at radius 3 is 2.59 bits per heavy atom. The number of ether oxygens (including phenoxy) is 2. The average Bonchev–Trinajstić information content (AvgIpc) is 3.30. The summed E-state index contributed by atoms with van der Waals surface area (Å²) < 4.78 is 12.1. The minimum Gasteiger partial charge on any atom is -0.466 e. The molecule has 3 fully saturated rings. The summed E-state index contributed by atoms with van der Waals surface area (Å²) in [5.41, 5.74) is -2.02. The van der Waals surface area contributed by atoms with Crippen molar-refractivity contribution in [2.75, 3.05) is 19.8 Å². The van der Waals surface area contributed by atoms with Gasteiger partial charge in [0, 0.05) is 12.6 Å². The van der Waals surface area contributed by atoms with Gasteiger partial charge in [-0.05, 0) is 46.0 Å². The fourth-order valence-corrected chi connectivity index (χ4v) is 6.71. The number of likely N-dealkylation sites (tertiary alicyclic amines) is 1. The molecule has 0 radical (unpaired) electrons. The highest BCUT2D eigenvalue weighted by atomic mass is 16.6. The van der Waals surface area contributed by atoms with Gasteiger partial charge < -0.3 is 24.4 Å². The van der Waals surface area contributed by atoms with Crippen molar-refractivity contribution in [1.29, 1.82) is 0 Å². The number of aliphatic hydroxyl groups is 1. The lowest BCUT2D eigenvalue weighted by Gasteiger charge is -2.41. The van der Waals surface area contributed by atoms with Gasteiger partial charge in [-0.1, -0.05) is 33.3 Å². The van der Waals surface area contributed by atoms with Crippen molar-refractivity contribution in [1.82, 2.24) is 9.80 Å². The first-order valence-electron chi connectivity index (χ1n) is 12.8. The lowest BCUT2D eigenvalue weighted by molar-refractivity contribution is -0.163. The van der Waals surface area contributed by atoms with E-state index in [0.29, 0.717) is 19.4 Å². The van der Waals surface area contributed by atoms with E-state index in [1.54, 1.807) is 17.9 Å². The van der Waals surface area contributed by atoms with Crippen LogP contribution in [-0.2, 0) is 23.9 Å². The number of fused-ring (bicyclic) bond motifs is 1. The predicted octanol–water partition coefficient (Wildman–Crippen LogP) is 2.53. The maximum absolute atomic E-state index is 14.3. The molecule has 0 aromatic carbocycles. The summed E-state index contributed by atoms with van der Waals surface area (Å²) >= 11 is 0. The normalized spacial score (nSPS) is 35.7. The van der Waals surface area contributed by atoms with Gasteiger partial charge in [-0.15, -0.1) is 6.58 Å². The molecule has 3 saturated heterocycles. The van der Waals surface area contributed by atoms with Crippen LogP contribution in [0.2, 0.25) is 0 Å². The lowest BCUT2D eigenvalue weighted by Crippen LogP contribution is -2.60. The molecule has 34 heavy (non-hydrogen) atoms. The van der Waals surface area contributed by atoms with Crippen LogP contribution in [0.4, 0.5) is 0 Å². The van der Waals surface area contributed by atoms with Crippen LogP contribution in [0.1, 0.15) is 67.2 Å². The number of esters is 1. The number of amides is 2. The fourth-order valence-electron chi connectivity index (χ4n) is 6.71. The topological polar surface area (TPSA) is 96.4 Å². The van der Waals surface area contributed by atoms with Crippen molar-refractivity contribution in [3.05, 3.63) is 12.7 Å². The first kappa shape index (κ1) is 26.7. The third-order valence-electron chi connectivity index (χ3n) is 8.45. The van der Waals surface area contributed by atoms with Crippen LogP contribution in [-0.4, -0.2) is 81.8 Å². The zero-order valence-electron chi connectivity index (χ0n) is 21.6. The second-order valence-corrected chi connectivity index (χ2v) is 10.4. The van der Waals surface area contributed by atoms with Gasteiger partial charge in [0.05, 0.1) is 30.8 Å². The number of carbonyl (C=O) groups is 3. The smallest absolute Gasteiger partial charge is 0.312 e. The molecule has 3 aliphatic heterocycles. The van der Waals surface area contributed by atoms with Gasteiger partial charge in [0.25, 0.3) is 0 Å². The van der Waals surface area contributed by atoms with Crippen LogP contribution in [0.3, 0.4) is 0 Å². The summed E-state index contributed by atoms with van der Waals surface area (Å²) in [6.07, 6.45) is 4.40. The second-order valence-electron chi connectivity index (χ2n) is 10.4. The van der Waals surface area contributed by atoms with E-state index in [4.69, 9.17) is 9.47 Å². The maximum Gasteiger partial charge on any atom is 0.312 e. The molecular weight excluding hydrogens is 436 g/mol. The molecule has 4 unspecified atom stereocenters. The summed E-state index contributed by atoms with van der Waals surface area (Å²) in [7, 11) is 0. The standard InChI is InChI=1S/C26H42N2O6/c1-8-12-17(6)27(13-9-2)23(31)21-26-14-16(5)25(7,34-26)20(24(32)33-11-4)19(26)22(30)28(21)18(10-3)15-29/h9,16-21,29H,2,8,10-15H2,1,3-7H3/t16?,17?,18-,19-,20+,21?,25-,26?/m0/s1. The molecular formula is C26H42N2O6. The Kier molecular flexibility index (Phi) is 7.82. The van der Waals surface area contributed by atoms with E-state index in [0.717, 1.165) is 12.8 Å². The minimum atomic E-state index is -1.13. The molecule has 0 saturated carbocycles. The Balaban J connectivity index is 2.16. The third-order valence-corrected chi connectivity index (χ3v) is 8.45. The summed E-state index contributed by atoms with van der Waals surface area (Å²) in [6, 6.07) is -1.50. The van der Waals surface area contributed by atoms with E-state index in [1.807, 2.05) is 27.7 Å². The maximum atomic E-state index is 14.3. The third kappa shape index (κ3) is 3.77. The van der Waals surface area contributed by atoms with E-state index in [1.165, 1.54) is 4.90 Å². The SMILES string of the molecule is C=CCN(C(=O)C1N([C@@H](CC)CO)C(=O)[C@@H]2[C@H](C(=O)OCC)[C@@]3(C)OC12CC3C)C(C)CCC. The van der Waals surface area contributed by atoms with Crippen LogP contribution in [0.15, 0.2) is 12.7 Å². The highest BCUT2D eigenvalue weighted by molar-refractivity contribution is 5.99. The molecule has 1 N–H and O–H groups in total. The van der Waals surface area contributed by atoms with Gasteiger partial charge in [-0.3, -0.25) is 14.4 Å². The fraction of sp³-hybridized carbons (Fsp3) is 0.808. The van der Waals surface area contributed by atoms with Gasteiger partial charge in [0.2, 0.25) is 11.8 Å². The van der Waals surface area contributed by atoms with E-state index in [2.05, 4.69) is 13.5 Å². The zero-order valence-corrected chi connectivity index (χ0v) is 21.6. The predicted molar refractivity (Wildman–Crippen MR) is 128 cm³/mol. The van der Waals surface area contributed by atoms with Crippen molar-refractivity contribution in [2.24, 2.45) is 17.8 Å². The van der Waals surface area contributed by atoms with Crippen LogP contribution in [0, 0.1) is 17.8 Å². The van der Waals surface area contributed by atoms with Crippen molar-refractivity contribution in [3.8, 4) is 0 Å². The van der Waals surface area contributed by atoms with Crippen LogP contribution < -0.4 is 0 Å².